The highest BCUT2D eigenvalue weighted by atomic mass is 32.1. The zero-order valence-corrected chi connectivity index (χ0v) is 20.9. The number of aliphatic hydroxyl groups is 1. The summed E-state index contributed by atoms with van der Waals surface area (Å²) in [6, 6.07) is 12.4. The predicted octanol–water partition coefficient (Wildman–Crippen LogP) is 4.27. The van der Waals surface area contributed by atoms with Gasteiger partial charge in [-0.3, -0.25) is 14.5 Å². The number of amides is 1. The van der Waals surface area contributed by atoms with E-state index in [4.69, 9.17) is 14.2 Å². The van der Waals surface area contributed by atoms with Crippen molar-refractivity contribution in [3.05, 3.63) is 75.8 Å². The average Bonchev–Trinajstić information content (AvgIpc) is 3.40. The predicted molar refractivity (Wildman–Crippen MR) is 134 cm³/mol. The van der Waals surface area contributed by atoms with Crippen molar-refractivity contribution >= 4 is 39.9 Å². The van der Waals surface area contributed by atoms with Crippen LogP contribution in [0, 0.1) is 6.92 Å². The molecule has 1 atom stereocenters. The van der Waals surface area contributed by atoms with Crippen LogP contribution in [0.15, 0.2) is 54.1 Å². The van der Waals surface area contributed by atoms with Crippen LogP contribution in [0.2, 0.25) is 0 Å². The van der Waals surface area contributed by atoms with Crippen LogP contribution >= 0.6 is 11.3 Å². The maximum absolute atomic E-state index is 13.4. The summed E-state index contributed by atoms with van der Waals surface area (Å²) in [5, 5.41) is 11.3. The number of aromatic nitrogens is 1. The number of hydrogen-bond acceptors (Lipinski definition) is 9. The summed E-state index contributed by atoms with van der Waals surface area (Å²) < 4.78 is 15.8. The van der Waals surface area contributed by atoms with Gasteiger partial charge in [-0.2, -0.15) is 0 Å². The number of carbonyl (C=O) groups excluding carboxylic acids is 3. The molecule has 1 N–H and O–H groups in total. The molecule has 3 aromatic rings. The molecule has 0 saturated carbocycles. The van der Waals surface area contributed by atoms with E-state index in [1.165, 1.54) is 19.1 Å². The minimum atomic E-state index is -1.04. The summed E-state index contributed by atoms with van der Waals surface area (Å²) in [6.45, 7) is 3.49. The van der Waals surface area contributed by atoms with E-state index in [0.717, 1.165) is 11.3 Å². The Morgan fingerprint density at radius 2 is 1.78 bits per heavy atom. The van der Waals surface area contributed by atoms with Gasteiger partial charge in [0.15, 0.2) is 16.6 Å². The SMILES string of the molecule is CCOC(=O)c1sc(N2C(=O)C(=O)C(=C(O)c3ccccc3)[C@H]2c2ccc(OC)c(OC)c2)nc1C. The molecule has 10 heteroatoms. The van der Waals surface area contributed by atoms with Crippen molar-refractivity contribution < 1.29 is 33.7 Å². The molecule has 36 heavy (non-hydrogen) atoms. The maximum atomic E-state index is 13.4. The van der Waals surface area contributed by atoms with Crippen LogP contribution in [-0.2, 0) is 14.3 Å². The molecule has 0 radical (unpaired) electrons. The zero-order valence-electron chi connectivity index (χ0n) is 20.1. The van der Waals surface area contributed by atoms with E-state index in [9.17, 15) is 19.5 Å². The summed E-state index contributed by atoms with van der Waals surface area (Å²) in [4.78, 5) is 44.9. The molecule has 2 heterocycles. The van der Waals surface area contributed by atoms with Crippen LogP contribution < -0.4 is 14.4 Å². The van der Waals surface area contributed by atoms with Crippen molar-refractivity contribution in [1.29, 1.82) is 0 Å². The van der Waals surface area contributed by atoms with Crippen molar-refractivity contribution in [3.8, 4) is 11.5 Å². The normalized spacial score (nSPS) is 16.8. The average molecular weight is 509 g/mol. The minimum absolute atomic E-state index is 0.107. The van der Waals surface area contributed by atoms with Crippen LogP contribution in [0.5, 0.6) is 11.5 Å². The van der Waals surface area contributed by atoms with E-state index in [-0.39, 0.29) is 27.9 Å². The van der Waals surface area contributed by atoms with Gasteiger partial charge in [-0.15, -0.1) is 0 Å². The van der Waals surface area contributed by atoms with Crippen molar-refractivity contribution in [3.63, 3.8) is 0 Å². The molecule has 1 aromatic heterocycles. The lowest BCUT2D eigenvalue weighted by atomic mass is 9.95. The second-order valence-electron chi connectivity index (χ2n) is 7.78. The standard InChI is InChI=1S/C26H24N2O7S/c1-5-35-25(32)23-14(2)27-26(36-23)28-20(16-11-12-17(33-3)18(13-16)34-4)19(22(30)24(28)31)21(29)15-9-7-6-8-10-15/h6-13,20,29H,5H2,1-4H3/t20-/m1/s1. The van der Waals surface area contributed by atoms with Gasteiger partial charge in [-0.1, -0.05) is 47.7 Å². The van der Waals surface area contributed by atoms with E-state index < -0.39 is 23.7 Å². The molecular formula is C26H24N2O7S. The number of ether oxygens (including phenoxy) is 3. The van der Waals surface area contributed by atoms with Gasteiger partial charge in [0.25, 0.3) is 5.78 Å². The number of rotatable bonds is 7. The summed E-state index contributed by atoms with van der Waals surface area (Å²) in [6.07, 6.45) is 0. The number of hydrogen-bond donors (Lipinski definition) is 1. The van der Waals surface area contributed by atoms with Crippen LogP contribution in [0.3, 0.4) is 0 Å². The minimum Gasteiger partial charge on any atom is -0.507 e. The molecule has 1 amide bonds. The number of methoxy groups -OCH3 is 2. The molecule has 1 aliphatic rings. The Balaban J connectivity index is 1.94. The van der Waals surface area contributed by atoms with E-state index in [1.807, 2.05) is 0 Å². The van der Waals surface area contributed by atoms with Crippen molar-refractivity contribution in [1.82, 2.24) is 4.98 Å². The molecule has 1 fully saturated rings. The van der Waals surface area contributed by atoms with Gasteiger partial charge in [0, 0.05) is 5.56 Å². The Labute approximate surface area is 211 Å². The first kappa shape index (κ1) is 24.9. The Morgan fingerprint density at radius 1 is 1.08 bits per heavy atom. The monoisotopic (exact) mass is 508 g/mol. The summed E-state index contributed by atoms with van der Waals surface area (Å²) in [7, 11) is 2.96. The van der Waals surface area contributed by atoms with E-state index in [0.29, 0.717) is 28.3 Å². The zero-order chi connectivity index (χ0) is 26.0. The lowest BCUT2D eigenvalue weighted by molar-refractivity contribution is -0.132. The number of nitrogens with zero attached hydrogens (tertiary/aromatic N) is 2. The van der Waals surface area contributed by atoms with Crippen LogP contribution in [0.25, 0.3) is 5.76 Å². The van der Waals surface area contributed by atoms with Gasteiger partial charge in [0.1, 0.15) is 10.6 Å². The molecule has 1 saturated heterocycles. The Kier molecular flexibility index (Phi) is 7.07. The fourth-order valence-corrected chi connectivity index (χ4v) is 4.98. The highest BCUT2D eigenvalue weighted by Crippen LogP contribution is 2.45. The third-order valence-electron chi connectivity index (χ3n) is 5.67. The second-order valence-corrected chi connectivity index (χ2v) is 8.76. The van der Waals surface area contributed by atoms with E-state index >= 15 is 0 Å². The quantitative estimate of drug-likeness (QED) is 0.218. The Morgan fingerprint density at radius 3 is 2.42 bits per heavy atom. The second kappa shape index (κ2) is 10.2. The fraction of sp³-hybridized carbons (Fsp3) is 0.231. The number of benzene rings is 2. The largest absolute Gasteiger partial charge is 0.507 e. The molecule has 4 rings (SSSR count). The summed E-state index contributed by atoms with van der Waals surface area (Å²) in [5.74, 6) is -1.81. The molecule has 186 valence electrons. The highest BCUT2D eigenvalue weighted by Gasteiger charge is 2.48. The van der Waals surface area contributed by atoms with E-state index in [2.05, 4.69) is 4.98 Å². The molecule has 0 unspecified atom stereocenters. The van der Waals surface area contributed by atoms with Gasteiger partial charge in [-0.25, -0.2) is 9.78 Å². The number of esters is 1. The van der Waals surface area contributed by atoms with Crippen LogP contribution in [0.4, 0.5) is 5.13 Å². The first-order chi connectivity index (χ1) is 17.3. The van der Waals surface area contributed by atoms with Gasteiger partial charge in [0.2, 0.25) is 0 Å². The lowest BCUT2D eigenvalue weighted by Gasteiger charge is -2.23. The molecule has 9 nitrogen and oxygen atoms in total. The highest BCUT2D eigenvalue weighted by molar-refractivity contribution is 7.17. The number of carbonyl (C=O) groups is 3. The number of Topliss-reactive ketones (excluding diaryl/α,β-unsaturated/α-hetero) is 1. The van der Waals surface area contributed by atoms with E-state index in [1.54, 1.807) is 62.4 Å². The third-order valence-corrected chi connectivity index (χ3v) is 6.80. The van der Waals surface area contributed by atoms with Gasteiger partial charge in [-0.05, 0) is 31.5 Å². The molecule has 0 spiro atoms. The van der Waals surface area contributed by atoms with Gasteiger partial charge < -0.3 is 19.3 Å². The first-order valence-corrected chi connectivity index (χ1v) is 11.9. The van der Waals surface area contributed by atoms with Gasteiger partial charge in [0.05, 0.1) is 38.1 Å². The van der Waals surface area contributed by atoms with Crippen LogP contribution in [0.1, 0.15) is 39.5 Å². The third kappa shape index (κ3) is 4.31. The smallest absolute Gasteiger partial charge is 0.350 e. The van der Waals surface area contributed by atoms with Crippen molar-refractivity contribution in [2.75, 3.05) is 25.7 Å². The summed E-state index contributed by atoms with van der Waals surface area (Å²) >= 11 is 0.943. The number of aliphatic hydroxyl groups excluding tert-OH is 1. The topological polar surface area (TPSA) is 115 Å². The maximum Gasteiger partial charge on any atom is 0.350 e. The number of aryl methyl sites for hydroxylation is 1. The van der Waals surface area contributed by atoms with Crippen LogP contribution in [-0.4, -0.2) is 48.6 Å². The number of ketones is 1. The number of thiazole rings is 1. The Bertz CT molecular complexity index is 1360. The lowest BCUT2D eigenvalue weighted by Crippen LogP contribution is -2.29. The van der Waals surface area contributed by atoms with Crippen molar-refractivity contribution in [2.24, 2.45) is 0 Å². The number of anilines is 1. The van der Waals surface area contributed by atoms with Crippen molar-refractivity contribution in [2.45, 2.75) is 19.9 Å². The molecule has 0 bridgehead atoms. The molecule has 0 aliphatic carbocycles. The molecule has 1 aliphatic heterocycles. The van der Waals surface area contributed by atoms with Gasteiger partial charge >= 0.3 is 11.9 Å². The molecule has 2 aromatic carbocycles. The summed E-state index contributed by atoms with van der Waals surface area (Å²) in [5.41, 5.74) is 1.12. The molecular weight excluding hydrogens is 484 g/mol. The first-order valence-electron chi connectivity index (χ1n) is 11.0. The Hall–Kier alpha value is -4.18. The fourth-order valence-electron chi connectivity index (χ4n) is 3.99.